The van der Waals surface area contributed by atoms with Crippen LogP contribution in [-0.4, -0.2) is 36.0 Å². The van der Waals surface area contributed by atoms with E-state index in [9.17, 15) is 9.59 Å². The largest absolute Gasteiger partial charge is 0.493 e. The lowest BCUT2D eigenvalue weighted by atomic mass is 10.1. The summed E-state index contributed by atoms with van der Waals surface area (Å²) in [5.41, 5.74) is 2.49. The molecule has 0 bridgehead atoms. The Kier molecular flexibility index (Phi) is 10.6. The van der Waals surface area contributed by atoms with Crippen molar-refractivity contribution in [1.29, 1.82) is 0 Å². The van der Waals surface area contributed by atoms with Crippen molar-refractivity contribution >= 4 is 27.8 Å². The molecule has 0 atom stereocenters. The monoisotopic (exact) mass is 555 g/mol. The number of ether oxygens (including phenoxy) is 2. The molecule has 1 heterocycles. The molecule has 0 fully saturated rings. The second kappa shape index (κ2) is 13.9. The van der Waals surface area contributed by atoms with E-state index in [1.165, 1.54) is 0 Å². The SMILES string of the molecule is CCOC(=O)CCCCCOc1ccc(Br)cc1CN(C(=O)c1ccc(-c2ccco2)cc1)C(C)C. The average molecular weight is 556 g/mol. The van der Waals surface area contributed by atoms with Crippen molar-refractivity contribution in [2.45, 2.75) is 59.0 Å². The highest BCUT2D eigenvalue weighted by molar-refractivity contribution is 9.10. The Labute approximate surface area is 221 Å². The van der Waals surface area contributed by atoms with E-state index in [0.29, 0.717) is 31.7 Å². The molecule has 0 spiro atoms. The van der Waals surface area contributed by atoms with E-state index in [1.54, 1.807) is 6.26 Å². The van der Waals surface area contributed by atoms with Crippen LogP contribution in [0, 0.1) is 0 Å². The second-order valence-electron chi connectivity index (χ2n) is 8.80. The first kappa shape index (κ1) is 27.5. The number of unbranched alkanes of at least 4 members (excludes halogenated alkanes) is 2. The van der Waals surface area contributed by atoms with Crippen molar-refractivity contribution in [1.82, 2.24) is 4.90 Å². The molecule has 0 unspecified atom stereocenters. The summed E-state index contributed by atoms with van der Waals surface area (Å²) in [5, 5.41) is 0. The van der Waals surface area contributed by atoms with Crippen LogP contribution in [-0.2, 0) is 16.1 Å². The third-order valence-electron chi connectivity index (χ3n) is 5.77. The van der Waals surface area contributed by atoms with Crippen LogP contribution in [0.25, 0.3) is 11.3 Å². The van der Waals surface area contributed by atoms with E-state index in [-0.39, 0.29) is 17.9 Å². The zero-order chi connectivity index (χ0) is 25.9. The van der Waals surface area contributed by atoms with Crippen LogP contribution in [0.5, 0.6) is 5.75 Å². The second-order valence-corrected chi connectivity index (χ2v) is 9.71. The van der Waals surface area contributed by atoms with Crippen LogP contribution in [0.2, 0.25) is 0 Å². The van der Waals surface area contributed by atoms with Gasteiger partial charge in [-0.25, -0.2) is 0 Å². The van der Waals surface area contributed by atoms with Crippen LogP contribution in [0.3, 0.4) is 0 Å². The summed E-state index contributed by atoms with van der Waals surface area (Å²) in [6, 6.07) is 17.1. The molecule has 3 aromatic rings. The van der Waals surface area contributed by atoms with Gasteiger partial charge in [0, 0.05) is 40.2 Å². The third-order valence-corrected chi connectivity index (χ3v) is 6.27. The molecule has 2 aromatic carbocycles. The number of rotatable bonds is 13. The van der Waals surface area contributed by atoms with Crippen molar-refractivity contribution < 1.29 is 23.5 Å². The van der Waals surface area contributed by atoms with Crippen molar-refractivity contribution in [3.05, 3.63) is 76.5 Å². The van der Waals surface area contributed by atoms with Gasteiger partial charge in [-0.3, -0.25) is 9.59 Å². The number of amides is 1. The Hall–Kier alpha value is -3.06. The molecule has 192 valence electrons. The van der Waals surface area contributed by atoms with E-state index in [0.717, 1.165) is 46.4 Å². The summed E-state index contributed by atoms with van der Waals surface area (Å²) in [5.74, 6) is 1.34. The number of esters is 1. The smallest absolute Gasteiger partial charge is 0.305 e. The minimum Gasteiger partial charge on any atom is -0.493 e. The van der Waals surface area contributed by atoms with E-state index < -0.39 is 0 Å². The minimum atomic E-state index is -0.150. The Morgan fingerprint density at radius 2 is 1.81 bits per heavy atom. The normalized spacial score (nSPS) is 10.9. The zero-order valence-corrected chi connectivity index (χ0v) is 22.8. The molecule has 7 heteroatoms. The van der Waals surface area contributed by atoms with Gasteiger partial charge in [-0.05, 0) is 82.5 Å². The first-order valence-corrected chi connectivity index (χ1v) is 13.2. The molecule has 0 saturated carbocycles. The average Bonchev–Trinajstić information content (AvgIpc) is 3.40. The number of furan rings is 1. The van der Waals surface area contributed by atoms with Crippen molar-refractivity contribution in [2.24, 2.45) is 0 Å². The number of halogens is 1. The molecule has 0 saturated heterocycles. The highest BCUT2D eigenvalue weighted by atomic mass is 79.9. The van der Waals surface area contributed by atoms with Crippen LogP contribution < -0.4 is 4.74 Å². The fraction of sp³-hybridized carbons (Fsp3) is 0.379. The highest BCUT2D eigenvalue weighted by Gasteiger charge is 2.21. The zero-order valence-electron chi connectivity index (χ0n) is 21.2. The van der Waals surface area contributed by atoms with Crippen molar-refractivity contribution in [2.75, 3.05) is 13.2 Å². The third kappa shape index (κ3) is 7.98. The summed E-state index contributed by atoms with van der Waals surface area (Å²) in [7, 11) is 0. The summed E-state index contributed by atoms with van der Waals surface area (Å²) in [6.45, 7) is 7.22. The lowest BCUT2D eigenvalue weighted by molar-refractivity contribution is -0.143. The van der Waals surface area contributed by atoms with Gasteiger partial charge >= 0.3 is 5.97 Å². The van der Waals surface area contributed by atoms with Gasteiger partial charge in [0.1, 0.15) is 11.5 Å². The topological polar surface area (TPSA) is 69.0 Å². The minimum absolute atomic E-state index is 0.00282. The van der Waals surface area contributed by atoms with Gasteiger partial charge in [0.2, 0.25) is 0 Å². The fourth-order valence-electron chi connectivity index (χ4n) is 3.83. The fourth-order valence-corrected chi connectivity index (χ4v) is 4.24. The van der Waals surface area contributed by atoms with Gasteiger partial charge in [-0.15, -0.1) is 0 Å². The number of nitrogens with zero attached hydrogens (tertiary/aromatic N) is 1. The number of carbonyl (C=O) groups is 2. The predicted octanol–water partition coefficient (Wildman–Crippen LogP) is 7.26. The Balaban J connectivity index is 1.63. The van der Waals surface area contributed by atoms with Gasteiger partial charge < -0.3 is 18.8 Å². The molecule has 36 heavy (non-hydrogen) atoms. The molecule has 3 rings (SSSR count). The molecule has 0 radical (unpaired) electrons. The van der Waals surface area contributed by atoms with E-state index >= 15 is 0 Å². The van der Waals surface area contributed by atoms with E-state index in [4.69, 9.17) is 13.9 Å². The maximum atomic E-state index is 13.4. The maximum Gasteiger partial charge on any atom is 0.305 e. The van der Waals surface area contributed by atoms with E-state index in [1.807, 2.05) is 80.3 Å². The summed E-state index contributed by atoms with van der Waals surface area (Å²) in [6.07, 6.45) is 4.57. The van der Waals surface area contributed by atoms with E-state index in [2.05, 4.69) is 15.9 Å². The quantitative estimate of drug-likeness (QED) is 0.164. The van der Waals surface area contributed by atoms with Gasteiger partial charge in [0.05, 0.1) is 19.5 Å². The first-order valence-electron chi connectivity index (χ1n) is 12.4. The number of hydrogen-bond acceptors (Lipinski definition) is 5. The Morgan fingerprint density at radius 3 is 2.47 bits per heavy atom. The van der Waals surface area contributed by atoms with Crippen LogP contribution in [0.15, 0.2) is 69.8 Å². The molecule has 1 aromatic heterocycles. The molecule has 0 aliphatic carbocycles. The summed E-state index contributed by atoms with van der Waals surface area (Å²) < 4.78 is 17.4. The van der Waals surface area contributed by atoms with Gasteiger partial charge in [-0.2, -0.15) is 0 Å². The Bertz CT molecular complexity index is 1110. The Morgan fingerprint density at radius 1 is 1.03 bits per heavy atom. The van der Waals surface area contributed by atoms with Crippen molar-refractivity contribution in [3.63, 3.8) is 0 Å². The standard InChI is InChI=1S/C29H34BrNO5/c1-4-34-28(32)10-6-5-7-17-35-27-16-15-25(30)19-24(27)20-31(21(2)3)29(33)23-13-11-22(12-14-23)26-9-8-18-36-26/h8-9,11-16,18-19,21H,4-7,10,17,20H2,1-3H3. The first-order chi connectivity index (χ1) is 17.4. The summed E-state index contributed by atoms with van der Waals surface area (Å²) >= 11 is 3.55. The van der Waals surface area contributed by atoms with Gasteiger partial charge in [0.25, 0.3) is 5.91 Å². The molecule has 1 amide bonds. The lowest BCUT2D eigenvalue weighted by Gasteiger charge is -2.28. The van der Waals surface area contributed by atoms with Crippen LogP contribution in [0.1, 0.15) is 62.4 Å². The molecule has 6 nitrogen and oxygen atoms in total. The maximum absolute atomic E-state index is 13.4. The summed E-state index contributed by atoms with van der Waals surface area (Å²) in [4.78, 5) is 26.7. The lowest BCUT2D eigenvalue weighted by Crippen LogP contribution is -2.36. The number of carbonyl (C=O) groups excluding carboxylic acids is 2. The van der Waals surface area contributed by atoms with Gasteiger partial charge in [0.15, 0.2) is 0 Å². The molecular formula is C29H34BrNO5. The number of benzene rings is 2. The highest BCUT2D eigenvalue weighted by Crippen LogP contribution is 2.27. The predicted molar refractivity (Wildman–Crippen MR) is 144 cm³/mol. The molecular weight excluding hydrogens is 522 g/mol. The van der Waals surface area contributed by atoms with Crippen LogP contribution in [0.4, 0.5) is 0 Å². The molecule has 0 N–H and O–H groups in total. The van der Waals surface area contributed by atoms with Crippen molar-refractivity contribution in [3.8, 4) is 17.1 Å². The van der Waals surface area contributed by atoms with Crippen LogP contribution >= 0.6 is 15.9 Å². The molecule has 0 aliphatic rings. The van der Waals surface area contributed by atoms with Gasteiger partial charge in [-0.1, -0.05) is 28.1 Å². The molecule has 0 aliphatic heterocycles. The number of hydrogen-bond donors (Lipinski definition) is 0.